The number of piperazine rings is 1. The molecule has 1 aromatic heterocycles. The van der Waals surface area contributed by atoms with Gasteiger partial charge < -0.3 is 19.4 Å². The number of ether oxygens (including phenoxy) is 1. The Hall–Kier alpha value is -3.10. The van der Waals surface area contributed by atoms with Crippen molar-refractivity contribution in [2.45, 2.75) is 25.9 Å². The number of hydrogen-bond acceptors (Lipinski definition) is 6. The molecule has 2 saturated heterocycles. The van der Waals surface area contributed by atoms with E-state index in [-0.39, 0.29) is 24.5 Å². The van der Waals surface area contributed by atoms with E-state index in [4.69, 9.17) is 4.74 Å². The van der Waals surface area contributed by atoms with Gasteiger partial charge in [-0.05, 0) is 50.4 Å². The Bertz CT molecular complexity index is 1100. The Morgan fingerprint density at radius 2 is 1.57 bits per heavy atom. The summed E-state index contributed by atoms with van der Waals surface area (Å²) in [4.78, 5) is 23.9. The van der Waals surface area contributed by atoms with Crippen LogP contribution in [0.15, 0.2) is 54.9 Å². The van der Waals surface area contributed by atoms with Gasteiger partial charge in [-0.1, -0.05) is 17.7 Å². The number of benzene rings is 2. The Balaban J connectivity index is 0.00000289. The standard InChI is InChI=1S/C26H32N6O2.ClH/c1-20-3-9-23(10-4-20)34-24-11-13-31(14-12-24)26(33)32-19-27-25(28-32)21-5-7-22(8-6-21)30-17-15-29(2)16-18-30;/h3-10,19,24H,11-18H2,1-2H3;1H. The second-order valence-corrected chi connectivity index (χ2v) is 9.25. The Morgan fingerprint density at radius 3 is 2.23 bits per heavy atom. The zero-order valence-electron chi connectivity index (χ0n) is 20.3. The van der Waals surface area contributed by atoms with Crippen molar-refractivity contribution < 1.29 is 9.53 Å². The molecule has 0 N–H and O–H groups in total. The third-order valence-corrected chi connectivity index (χ3v) is 6.72. The molecule has 3 heterocycles. The van der Waals surface area contributed by atoms with Crippen LogP contribution in [0.1, 0.15) is 18.4 Å². The van der Waals surface area contributed by atoms with Crippen LogP contribution < -0.4 is 9.64 Å². The minimum Gasteiger partial charge on any atom is -0.490 e. The number of carbonyl (C=O) groups excluding carboxylic acids is 1. The molecule has 0 spiro atoms. The number of rotatable bonds is 4. The lowest BCUT2D eigenvalue weighted by Gasteiger charge is -2.34. The van der Waals surface area contributed by atoms with Crippen molar-refractivity contribution in [3.63, 3.8) is 0 Å². The van der Waals surface area contributed by atoms with Crippen molar-refractivity contribution in [2.24, 2.45) is 0 Å². The Morgan fingerprint density at radius 1 is 0.914 bits per heavy atom. The van der Waals surface area contributed by atoms with E-state index in [1.807, 2.05) is 29.2 Å². The number of nitrogens with zero attached hydrogens (tertiary/aromatic N) is 6. The van der Waals surface area contributed by atoms with Crippen LogP contribution >= 0.6 is 12.4 Å². The molecule has 0 saturated carbocycles. The van der Waals surface area contributed by atoms with Crippen LogP contribution in [0.3, 0.4) is 0 Å². The summed E-state index contributed by atoms with van der Waals surface area (Å²) in [5.41, 5.74) is 3.34. The molecule has 3 aromatic rings. The third kappa shape index (κ3) is 5.94. The van der Waals surface area contributed by atoms with Crippen LogP contribution in [0, 0.1) is 6.92 Å². The van der Waals surface area contributed by atoms with E-state index in [0.717, 1.165) is 50.3 Å². The topological polar surface area (TPSA) is 66.7 Å². The average Bonchev–Trinajstić information content (AvgIpc) is 3.37. The lowest BCUT2D eigenvalue weighted by molar-refractivity contribution is 0.110. The SMILES string of the molecule is Cc1ccc(OC2CCN(C(=O)n3cnc(-c4ccc(N5CCN(C)CC5)cc4)n3)CC2)cc1.Cl. The normalized spacial score (nSPS) is 17.2. The molecule has 0 atom stereocenters. The number of likely N-dealkylation sites (N-methyl/N-ethyl adjacent to an activating group) is 1. The third-order valence-electron chi connectivity index (χ3n) is 6.72. The molecule has 35 heavy (non-hydrogen) atoms. The van der Waals surface area contributed by atoms with Crippen LogP contribution in [0.25, 0.3) is 11.4 Å². The Kier molecular flexibility index (Phi) is 7.93. The van der Waals surface area contributed by atoms with Gasteiger partial charge in [0.25, 0.3) is 0 Å². The first kappa shape index (κ1) is 25.0. The summed E-state index contributed by atoms with van der Waals surface area (Å²) in [6.45, 7) is 7.56. The molecule has 2 aromatic carbocycles. The van der Waals surface area contributed by atoms with E-state index in [2.05, 4.69) is 58.1 Å². The summed E-state index contributed by atoms with van der Waals surface area (Å²) in [7, 11) is 2.16. The summed E-state index contributed by atoms with van der Waals surface area (Å²) in [6, 6.07) is 16.3. The lowest BCUT2D eigenvalue weighted by Crippen LogP contribution is -2.44. The highest BCUT2D eigenvalue weighted by molar-refractivity contribution is 5.85. The zero-order valence-corrected chi connectivity index (χ0v) is 21.2. The maximum Gasteiger partial charge on any atom is 0.346 e. The van der Waals surface area contributed by atoms with E-state index >= 15 is 0 Å². The molecule has 9 heteroatoms. The fourth-order valence-corrected chi connectivity index (χ4v) is 4.49. The van der Waals surface area contributed by atoms with Crippen LogP contribution in [-0.4, -0.2) is 83.0 Å². The number of piperidine rings is 1. The second-order valence-electron chi connectivity index (χ2n) is 9.25. The van der Waals surface area contributed by atoms with E-state index in [9.17, 15) is 4.79 Å². The predicted molar refractivity (Wildman–Crippen MR) is 140 cm³/mol. The highest BCUT2D eigenvalue weighted by Gasteiger charge is 2.26. The fraction of sp³-hybridized carbons (Fsp3) is 0.423. The summed E-state index contributed by atoms with van der Waals surface area (Å²) in [6.07, 6.45) is 3.24. The number of aryl methyl sites for hydroxylation is 1. The molecular weight excluding hydrogens is 464 g/mol. The summed E-state index contributed by atoms with van der Waals surface area (Å²) >= 11 is 0. The largest absolute Gasteiger partial charge is 0.490 e. The van der Waals surface area contributed by atoms with E-state index < -0.39 is 0 Å². The molecule has 0 aliphatic carbocycles. The molecule has 186 valence electrons. The van der Waals surface area contributed by atoms with E-state index in [1.54, 1.807) is 0 Å². The van der Waals surface area contributed by atoms with Gasteiger partial charge in [0.1, 0.15) is 18.2 Å². The van der Waals surface area contributed by atoms with Crippen LogP contribution in [0.4, 0.5) is 10.5 Å². The number of hydrogen-bond donors (Lipinski definition) is 0. The molecule has 0 radical (unpaired) electrons. The van der Waals surface area contributed by atoms with Crippen molar-refractivity contribution in [3.05, 3.63) is 60.4 Å². The number of aromatic nitrogens is 3. The molecule has 0 unspecified atom stereocenters. The maximum atomic E-state index is 13.0. The number of likely N-dealkylation sites (tertiary alicyclic amines) is 1. The number of anilines is 1. The monoisotopic (exact) mass is 496 g/mol. The minimum absolute atomic E-state index is 0. The van der Waals surface area contributed by atoms with Crippen LogP contribution in [-0.2, 0) is 0 Å². The average molecular weight is 497 g/mol. The zero-order chi connectivity index (χ0) is 23.5. The van der Waals surface area contributed by atoms with Crippen molar-refractivity contribution in [2.75, 3.05) is 51.2 Å². The Labute approximate surface area is 212 Å². The molecule has 2 aliphatic rings. The lowest BCUT2D eigenvalue weighted by atomic mass is 10.1. The van der Waals surface area contributed by atoms with E-state index in [0.29, 0.717) is 18.9 Å². The van der Waals surface area contributed by atoms with Gasteiger partial charge in [0.2, 0.25) is 0 Å². The van der Waals surface area contributed by atoms with Gasteiger partial charge in [-0.25, -0.2) is 9.78 Å². The summed E-state index contributed by atoms with van der Waals surface area (Å²) in [5, 5.41) is 4.47. The quantitative estimate of drug-likeness (QED) is 0.545. The smallest absolute Gasteiger partial charge is 0.346 e. The molecule has 2 aliphatic heterocycles. The molecular formula is C26H33ClN6O2. The molecule has 1 amide bonds. The van der Waals surface area contributed by atoms with Gasteiger partial charge in [-0.3, -0.25) is 0 Å². The van der Waals surface area contributed by atoms with Crippen LogP contribution in [0.2, 0.25) is 0 Å². The maximum absolute atomic E-state index is 13.0. The predicted octanol–water partition coefficient (Wildman–Crippen LogP) is 3.94. The minimum atomic E-state index is -0.137. The number of halogens is 1. The molecule has 5 rings (SSSR count). The molecule has 2 fully saturated rings. The van der Waals surface area contributed by atoms with Crippen molar-refractivity contribution in [1.29, 1.82) is 0 Å². The van der Waals surface area contributed by atoms with Gasteiger partial charge in [0, 0.05) is 63.4 Å². The van der Waals surface area contributed by atoms with Crippen molar-refractivity contribution in [1.82, 2.24) is 24.6 Å². The summed E-state index contributed by atoms with van der Waals surface area (Å²) < 4.78 is 7.44. The highest BCUT2D eigenvalue weighted by Crippen LogP contribution is 2.23. The highest BCUT2D eigenvalue weighted by atomic mass is 35.5. The van der Waals surface area contributed by atoms with Gasteiger partial charge in [0.15, 0.2) is 5.82 Å². The number of amides is 1. The first-order valence-electron chi connectivity index (χ1n) is 12.0. The van der Waals surface area contributed by atoms with Gasteiger partial charge >= 0.3 is 6.03 Å². The van der Waals surface area contributed by atoms with Crippen LogP contribution in [0.5, 0.6) is 5.75 Å². The van der Waals surface area contributed by atoms with Gasteiger partial charge in [-0.15, -0.1) is 17.5 Å². The first-order valence-corrected chi connectivity index (χ1v) is 12.0. The van der Waals surface area contributed by atoms with Gasteiger partial charge in [0.05, 0.1) is 0 Å². The van der Waals surface area contributed by atoms with Gasteiger partial charge in [-0.2, -0.15) is 4.68 Å². The van der Waals surface area contributed by atoms with Crippen molar-refractivity contribution >= 4 is 24.1 Å². The van der Waals surface area contributed by atoms with E-state index in [1.165, 1.54) is 22.3 Å². The fourth-order valence-electron chi connectivity index (χ4n) is 4.49. The first-order chi connectivity index (χ1) is 16.5. The second kappa shape index (κ2) is 11.1. The molecule has 0 bridgehead atoms. The summed E-state index contributed by atoms with van der Waals surface area (Å²) in [5.74, 6) is 1.45. The molecule has 8 nitrogen and oxygen atoms in total. The number of carbonyl (C=O) groups is 1. The van der Waals surface area contributed by atoms with Crippen molar-refractivity contribution in [3.8, 4) is 17.1 Å².